The molecule has 3 heterocycles. The van der Waals surface area contributed by atoms with Crippen molar-refractivity contribution in [1.82, 2.24) is 20.9 Å². The number of carbonyl (C=O) groups is 2. The highest BCUT2D eigenvalue weighted by molar-refractivity contribution is 9.10. The molecule has 8 nitrogen and oxygen atoms in total. The fourth-order valence-electron chi connectivity index (χ4n) is 2.65. The number of rotatable bonds is 3. The maximum Gasteiger partial charge on any atom is 0.319 e. The molecule has 3 rings (SSSR count). The lowest BCUT2D eigenvalue weighted by Crippen LogP contribution is -2.54. The molecule has 0 aliphatic carbocycles. The van der Waals surface area contributed by atoms with Gasteiger partial charge in [0.25, 0.3) is 5.91 Å². The molecule has 2 saturated heterocycles. The number of aromatic amines is 1. The van der Waals surface area contributed by atoms with E-state index in [1.807, 2.05) is 0 Å². The van der Waals surface area contributed by atoms with Gasteiger partial charge in [-0.25, -0.2) is 4.79 Å². The van der Waals surface area contributed by atoms with Crippen LogP contribution in [0.2, 0.25) is 0 Å². The minimum atomic E-state index is -1.46. The molecule has 0 spiro atoms. The van der Waals surface area contributed by atoms with Gasteiger partial charge in [0, 0.05) is 23.6 Å². The van der Waals surface area contributed by atoms with Crippen LogP contribution in [0.4, 0.5) is 4.79 Å². The Morgan fingerprint density at radius 3 is 3.00 bits per heavy atom. The number of urea groups is 1. The van der Waals surface area contributed by atoms with E-state index < -0.39 is 23.6 Å². The molecule has 5 N–H and O–H groups in total. The molecule has 0 bridgehead atoms. The first-order valence-electron chi connectivity index (χ1n) is 6.44. The molecule has 9 heteroatoms. The van der Waals surface area contributed by atoms with Crippen LogP contribution < -0.4 is 16.0 Å². The average molecular weight is 359 g/mol. The van der Waals surface area contributed by atoms with Crippen molar-refractivity contribution in [1.29, 1.82) is 0 Å². The van der Waals surface area contributed by atoms with Gasteiger partial charge >= 0.3 is 6.03 Å². The fraction of sp³-hybridized carbons (Fsp3) is 0.500. The van der Waals surface area contributed by atoms with Gasteiger partial charge in [-0.3, -0.25) is 4.79 Å². The molecule has 3 amide bonds. The van der Waals surface area contributed by atoms with Crippen LogP contribution in [0.25, 0.3) is 0 Å². The van der Waals surface area contributed by atoms with Crippen molar-refractivity contribution in [2.75, 3.05) is 6.54 Å². The van der Waals surface area contributed by atoms with Crippen molar-refractivity contribution in [3.05, 3.63) is 22.4 Å². The lowest BCUT2D eigenvalue weighted by Gasteiger charge is -2.28. The molecule has 2 fully saturated rings. The van der Waals surface area contributed by atoms with Gasteiger partial charge in [0.1, 0.15) is 5.69 Å². The molecule has 2 aliphatic rings. The Kier molecular flexibility index (Phi) is 3.23. The average Bonchev–Trinajstić information content (AvgIpc) is 2.95. The topological polar surface area (TPSA) is 115 Å². The first-order chi connectivity index (χ1) is 9.81. The summed E-state index contributed by atoms with van der Waals surface area (Å²) in [6, 6.07) is 1.19. The Balaban J connectivity index is 1.59. The van der Waals surface area contributed by atoms with E-state index in [1.54, 1.807) is 19.2 Å². The Morgan fingerprint density at radius 1 is 1.62 bits per heavy atom. The summed E-state index contributed by atoms with van der Waals surface area (Å²) in [5, 5.41) is 18.1. The predicted molar refractivity (Wildman–Crippen MR) is 75.3 cm³/mol. The number of fused-ring (bicyclic) bond motifs is 1. The minimum Gasteiger partial charge on any atom is -0.367 e. The Bertz CT molecular complexity index is 584. The predicted octanol–water partition coefficient (Wildman–Crippen LogP) is 0.0135. The van der Waals surface area contributed by atoms with Crippen LogP contribution in [0.3, 0.4) is 0 Å². The van der Waals surface area contributed by atoms with E-state index in [9.17, 15) is 14.7 Å². The van der Waals surface area contributed by atoms with E-state index >= 15 is 0 Å². The van der Waals surface area contributed by atoms with Gasteiger partial charge in [-0.15, -0.1) is 0 Å². The maximum absolute atomic E-state index is 11.9. The Hall–Kier alpha value is -1.58. The van der Waals surface area contributed by atoms with Crippen LogP contribution in [0, 0.1) is 0 Å². The number of carbonyl (C=O) groups excluding carboxylic acids is 2. The van der Waals surface area contributed by atoms with Crippen molar-refractivity contribution >= 4 is 27.9 Å². The van der Waals surface area contributed by atoms with Gasteiger partial charge < -0.3 is 30.8 Å². The quantitative estimate of drug-likeness (QED) is 0.523. The first-order valence-corrected chi connectivity index (χ1v) is 7.23. The van der Waals surface area contributed by atoms with Crippen LogP contribution in [0.1, 0.15) is 23.8 Å². The lowest BCUT2D eigenvalue weighted by atomic mass is 10.0. The zero-order valence-corrected chi connectivity index (χ0v) is 12.8. The van der Waals surface area contributed by atoms with E-state index in [2.05, 4.69) is 36.9 Å². The van der Waals surface area contributed by atoms with Gasteiger partial charge in [-0.05, 0) is 28.9 Å². The van der Waals surface area contributed by atoms with Crippen molar-refractivity contribution < 1.29 is 19.4 Å². The number of amides is 3. The summed E-state index contributed by atoms with van der Waals surface area (Å²) >= 11 is 3.25. The largest absolute Gasteiger partial charge is 0.367 e. The monoisotopic (exact) mass is 358 g/mol. The highest BCUT2D eigenvalue weighted by atomic mass is 79.9. The summed E-state index contributed by atoms with van der Waals surface area (Å²) in [4.78, 5) is 26.0. The van der Waals surface area contributed by atoms with Crippen LogP contribution in [0.15, 0.2) is 16.7 Å². The van der Waals surface area contributed by atoms with E-state index in [-0.39, 0.29) is 18.9 Å². The number of ether oxygens (including phenoxy) is 1. The highest BCUT2D eigenvalue weighted by Crippen LogP contribution is 2.38. The van der Waals surface area contributed by atoms with Crippen molar-refractivity contribution in [3.8, 4) is 0 Å². The van der Waals surface area contributed by atoms with Gasteiger partial charge in [0.05, 0.1) is 6.10 Å². The zero-order valence-electron chi connectivity index (χ0n) is 11.2. The summed E-state index contributed by atoms with van der Waals surface area (Å²) in [5.74, 6) is -0.268. The summed E-state index contributed by atoms with van der Waals surface area (Å²) in [6.07, 6.45) is 1.45. The fourth-order valence-corrected chi connectivity index (χ4v) is 2.99. The molecule has 1 aromatic heterocycles. The van der Waals surface area contributed by atoms with Crippen LogP contribution >= 0.6 is 15.9 Å². The summed E-state index contributed by atoms with van der Waals surface area (Å²) < 4.78 is 6.44. The standard InChI is InChI=1S/C12H15BrN4O4/c1-11-12(20,17-10(19)16-11)3-7(21-11)5-15-9(18)8-2-6(13)4-14-8/h2,4,7,14,20H,3,5H2,1H3,(H,15,18)(H2,16,17,19). The first kappa shape index (κ1) is 14.4. The van der Waals surface area contributed by atoms with Crippen molar-refractivity contribution in [3.63, 3.8) is 0 Å². The van der Waals surface area contributed by atoms with Gasteiger partial charge in [-0.2, -0.15) is 0 Å². The molecule has 3 atom stereocenters. The van der Waals surface area contributed by atoms with Crippen LogP contribution in [-0.2, 0) is 4.74 Å². The smallest absolute Gasteiger partial charge is 0.319 e. The molecule has 2 aliphatic heterocycles. The van der Waals surface area contributed by atoms with Crippen LogP contribution in [0.5, 0.6) is 0 Å². The van der Waals surface area contributed by atoms with E-state index in [0.717, 1.165) is 4.47 Å². The van der Waals surface area contributed by atoms with Crippen molar-refractivity contribution in [2.24, 2.45) is 0 Å². The summed E-state index contributed by atoms with van der Waals surface area (Å²) in [5.41, 5.74) is -2.22. The highest BCUT2D eigenvalue weighted by Gasteiger charge is 2.62. The molecular weight excluding hydrogens is 344 g/mol. The molecule has 21 heavy (non-hydrogen) atoms. The van der Waals surface area contributed by atoms with Gasteiger partial charge in [-0.1, -0.05) is 0 Å². The maximum atomic E-state index is 11.9. The van der Waals surface area contributed by atoms with E-state index in [1.165, 1.54) is 0 Å². The Morgan fingerprint density at radius 2 is 2.38 bits per heavy atom. The van der Waals surface area contributed by atoms with E-state index in [4.69, 9.17) is 4.74 Å². The third-order valence-corrected chi connectivity index (χ3v) is 4.23. The third kappa shape index (κ3) is 2.41. The Labute approximate surface area is 128 Å². The molecule has 114 valence electrons. The zero-order chi connectivity index (χ0) is 15.3. The summed E-state index contributed by atoms with van der Waals surface area (Å²) in [7, 11) is 0. The van der Waals surface area contributed by atoms with Gasteiger partial charge in [0.2, 0.25) is 0 Å². The molecular formula is C12H15BrN4O4. The second-order valence-electron chi connectivity index (χ2n) is 5.36. The van der Waals surface area contributed by atoms with Gasteiger partial charge in [0.15, 0.2) is 11.4 Å². The molecule has 0 saturated carbocycles. The second-order valence-corrected chi connectivity index (χ2v) is 6.27. The number of aromatic nitrogens is 1. The normalized spacial score (nSPS) is 34.2. The summed E-state index contributed by atoms with van der Waals surface area (Å²) in [6.45, 7) is 1.82. The number of nitrogens with one attached hydrogen (secondary N) is 4. The number of hydrogen-bond acceptors (Lipinski definition) is 4. The third-order valence-electron chi connectivity index (χ3n) is 3.77. The van der Waals surface area contributed by atoms with E-state index in [0.29, 0.717) is 5.69 Å². The number of H-pyrrole nitrogens is 1. The molecule has 1 aromatic rings. The SMILES string of the molecule is CC12NC(=O)NC1(O)CC(CNC(=O)c1cc(Br)c[nH]1)O2. The minimum absolute atomic E-state index is 0.191. The number of aliphatic hydroxyl groups is 1. The second kappa shape index (κ2) is 4.72. The van der Waals surface area contributed by atoms with Crippen molar-refractivity contribution in [2.45, 2.75) is 30.9 Å². The molecule has 0 aromatic carbocycles. The number of hydrogen-bond donors (Lipinski definition) is 5. The molecule has 3 unspecified atom stereocenters. The number of halogens is 1. The lowest BCUT2D eigenvalue weighted by molar-refractivity contribution is -0.120. The van der Waals surface area contributed by atoms with Crippen LogP contribution in [-0.4, -0.2) is 46.1 Å². The molecule has 0 radical (unpaired) electrons.